The van der Waals surface area contributed by atoms with Gasteiger partial charge in [0.1, 0.15) is 6.54 Å². The third kappa shape index (κ3) is 4.41. The minimum atomic E-state index is -1.08. The number of aryl methyl sites for hydroxylation is 1. The molecule has 0 radical (unpaired) electrons. The molecular formula is C11H16N4O4. The first-order chi connectivity index (χ1) is 8.96. The van der Waals surface area contributed by atoms with Crippen LogP contribution < -0.4 is 10.1 Å². The number of aliphatic carboxylic acids is 1. The maximum atomic E-state index is 11.8. The largest absolute Gasteiger partial charge is 0.481 e. The van der Waals surface area contributed by atoms with Crippen molar-refractivity contribution in [1.29, 1.82) is 0 Å². The Balaban J connectivity index is 2.80. The van der Waals surface area contributed by atoms with E-state index in [4.69, 9.17) is 9.84 Å². The van der Waals surface area contributed by atoms with Crippen LogP contribution in [0.4, 0.5) is 10.7 Å². The van der Waals surface area contributed by atoms with E-state index in [2.05, 4.69) is 15.3 Å². The van der Waals surface area contributed by atoms with Crippen molar-refractivity contribution < 1.29 is 19.4 Å². The van der Waals surface area contributed by atoms with Crippen LogP contribution in [0.15, 0.2) is 6.07 Å². The standard InChI is InChI=1S/C11H16N4O4/c1-4-15(6-9(16)17)11(18)14-10-12-7(2)5-8(13-10)19-3/h5H,4,6H2,1-3H3,(H,16,17)(H,12,13,14,18). The second-order valence-electron chi connectivity index (χ2n) is 3.71. The number of anilines is 1. The van der Waals surface area contributed by atoms with Gasteiger partial charge in [-0.1, -0.05) is 0 Å². The van der Waals surface area contributed by atoms with E-state index in [1.165, 1.54) is 7.11 Å². The van der Waals surface area contributed by atoms with Crippen molar-refractivity contribution in [3.05, 3.63) is 11.8 Å². The maximum absolute atomic E-state index is 11.8. The molecule has 1 rings (SSSR count). The number of ether oxygens (including phenoxy) is 1. The zero-order valence-corrected chi connectivity index (χ0v) is 11.0. The van der Waals surface area contributed by atoms with E-state index in [0.29, 0.717) is 11.6 Å². The highest BCUT2D eigenvalue weighted by Gasteiger charge is 2.16. The molecule has 0 fully saturated rings. The number of likely N-dealkylation sites (N-methyl/N-ethyl adjacent to an activating group) is 1. The highest BCUT2D eigenvalue weighted by Crippen LogP contribution is 2.11. The highest BCUT2D eigenvalue weighted by atomic mass is 16.5. The minimum absolute atomic E-state index is 0.0747. The first-order valence-corrected chi connectivity index (χ1v) is 5.63. The number of nitrogens with one attached hydrogen (secondary N) is 1. The molecule has 2 amide bonds. The first-order valence-electron chi connectivity index (χ1n) is 5.63. The highest BCUT2D eigenvalue weighted by molar-refractivity contribution is 5.89. The summed E-state index contributed by atoms with van der Waals surface area (Å²) in [5.74, 6) is -0.686. The Bertz CT molecular complexity index is 478. The summed E-state index contributed by atoms with van der Waals surface area (Å²) < 4.78 is 4.96. The molecule has 8 heteroatoms. The summed E-state index contributed by atoms with van der Waals surface area (Å²) >= 11 is 0. The number of amides is 2. The molecule has 0 atom stereocenters. The molecule has 19 heavy (non-hydrogen) atoms. The number of urea groups is 1. The number of carboxylic acids is 1. The number of carbonyl (C=O) groups excluding carboxylic acids is 1. The van der Waals surface area contributed by atoms with Crippen molar-refractivity contribution in [3.63, 3.8) is 0 Å². The molecule has 1 aromatic rings. The van der Waals surface area contributed by atoms with Gasteiger partial charge in [-0.15, -0.1) is 0 Å². The van der Waals surface area contributed by atoms with Crippen LogP contribution >= 0.6 is 0 Å². The molecule has 104 valence electrons. The molecule has 0 aliphatic heterocycles. The molecule has 8 nitrogen and oxygen atoms in total. The van der Waals surface area contributed by atoms with Gasteiger partial charge in [-0.25, -0.2) is 9.78 Å². The summed E-state index contributed by atoms with van der Waals surface area (Å²) in [6, 6.07) is 1.04. The monoisotopic (exact) mass is 268 g/mol. The molecule has 0 aliphatic rings. The normalized spacial score (nSPS) is 9.84. The van der Waals surface area contributed by atoms with Crippen molar-refractivity contribution in [2.75, 3.05) is 25.5 Å². The first kappa shape index (κ1) is 14.7. The van der Waals surface area contributed by atoms with Gasteiger partial charge in [-0.2, -0.15) is 4.98 Å². The summed E-state index contributed by atoms with van der Waals surface area (Å²) in [6.45, 7) is 3.29. The molecule has 0 saturated carbocycles. The molecular weight excluding hydrogens is 252 g/mol. The lowest BCUT2D eigenvalue weighted by atomic mass is 10.4. The van der Waals surface area contributed by atoms with Gasteiger partial charge in [0, 0.05) is 18.3 Å². The summed E-state index contributed by atoms with van der Waals surface area (Å²) in [5, 5.41) is 11.1. The zero-order chi connectivity index (χ0) is 14.4. The Kier molecular flexibility index (Phi) is 5.04. The number of carboxylic acid groups (broad SMARTS) is 1. The van der Waals surface area contributed by atoms with E-state index < -0.39 is 12.0 Å². The SMILES string of the molecule is CCN(CC(=O)O)C(=O)Nc1nc(C)cc(OC)n1. The van der Waals surface area contributed by atoms with Crippen LogP contribution in [0.5, 0.6) is 5.88 Å². The average Bonchev–Trinajstić information content (AvgIpc) is 2.34. The molecule has 0 aromatic carbocycles. The molecule has 0 aliphatic carbocycles. The number of hydrogen-bond acceptors (Lipinski definition) is 5. The van der Waals surface area contributed by atoms with Crippen LogP contribution in [0, 0.1) is 6.92 Å². The topological polar surface area (TPSA) is 105 Å². The fraction of sp³-hybridized carbons (Fsp3) is 0.455. The predicted molar refractivity (Wildman–Crippen MR) is 67.2 cm³/mol. The number of carbonyl (C=O) groups is 2. The van der Waals surface area contributed by atoms with Crippen LogP contribution in [-0.4, -0.2) is 52.2 Å². The molecule has 1 heterocycles. The van der Waals surface area contributed by atoms with Crippen LogP contribution in [-0.2, 0) is 4.79 Å². The van der Waals surface area contributed by atoms with Gasteiger partial charge in [0.15, 0.2) is 0 Å². The second kappa shape index (κ2) is 6.53. The average molecular weight is 268 g/mol. The van der Waals surface area contributed by atoms with E-state index in [0.717, 1.165) is 4.90 Å². The second-order valence-corrected chi connectivity index (χ2v) is 3.71. The fourth-order valence-corrected chi connectivity index (χ4v) is 1.37. The van der Waals surface area contributed by atoms with E-state index >= 15 is 0 Å². The van der Waals surface area contributed by atoms with Crippen molar-refractivity contribution in [2.24, 2.45) is 0 Å². The van der Waals surface area contributed by atoms with Crippen molar-refractivity contribution in [1.82, 2.24) is 14.9 Å². The van der Waals surface area contributed by atoms with Gasteiger partial charge >= 0.3 is 12.0 Å². The van der Waals surface area contributed by atoms with E-state index in [1.54, 1.807) is 19.9 Å². The number of nitrogens with zero attached hydrogens (tertiary/aromatic N) is 3. The summed E-state index contributed by atoms with van der Waals surface area (Å²) in [5.41, 5.74) is 0.628. The number of rotatable bonds is 5. The molecule has 0 saturated heterocycles. The van der Waals surface area contributed by atoms with E-state index in [1.807, 2.05) is 0 Å². The third-order valence-electron chi connectivity index (χ3n) is 2.25. The van der Waals surface area contributed by atoms with E-state index in [9.17, 15) is 9.59 Å². The van der Waals surface area contributed by atoms with Crippen LogP contribution in [0.2, 0.25) is 0 Å². The van der Waals surface area contributed by atoms with Crippen LogP contribution in [0.1, 0.15) is 12.6 Å². The maximum Gasteiger partial charge on any atom is 0.324 e. The van der Waals surface area contributed by atoms with Gasteiger partial charge in [0.25, 0.3) is 0 Å². The Morgan fingerprint density at radius 1 is 1.47 bits per heavy atom. The molecule has 0 unspecified atom stereocenters. The summed E-state index contributed by atoms with van der Waals surface area (Å²) in [4.78, 5) is 31.5. The molecule has 0 spiro atoms. The van der Waals surface area contributed by atoms with Crippen molar-refractivity contribution in [2.45, 2.75) is 13.8 Å². The number of aromatic nitrogens is 2. The lowest BCUT2D eigenvalue weighted by Gasteiger charge is -2.18. The van der Waals surface area contributed by atoms with Gasteiger partial charge in [-0.3, -0.25) is 10.1 Å². The Morgan fingerprint density at radius 2 is 2.16 bits per heavy atom. The van der Waals surface area contributed by atoms with Gasteiger partial charge in [0.05, 0.1) is 7.11 Å². The lowest BCUT2D eigenvalue weighted by Crippen LogP contribution is -2.38. The van der Waals surface area contributed by atoms with Crippen molar-refractivity contribution in [3.8, 4) is 5.88 Å². The third-order valence-corrected chi connectivity index (χ3v) is 2.25. The van der Waals surface area contributed by atoms with Crippen LogP contribution in [0.25, 0.3) is 0 Å². The van der Waals surface area contributed by atoms with Crippen LogP contribution in [0.3, 0.4) is 0 Å². The number of hydrogen-bond donors (Lipinski definition) is 2. The molecule has 2 N–H and O–H groups in total. The van der Waals surface area contributed by atoms with E-state index in [-0.39, 0.29) is 19.0 Å². The summed E-state index contributed by atoms with van der Waals surface area (Å²) in [7, 11) is 1.45. The molecule has 0 bridgehead atoms. The quantitative estimate of drug-likeness (QED) is 0.815. The van der Waals surface area contributed by atoms with Gasteiger partial charge in [0.2, 0.25) is 11.8 Å². The Labute approximate surface area is 110 Å². The Hall–Kier alpha value is -2.38. The predicted octanol–water partition coefficient (Wildman–Crippen LogP) is 0.732. The minimum Gasteiger partial charge on any atom is -0.481 e. The smallest absolute Gasteiger partial charge is 0.324 e. The summed E-state index contributed by atoms with van der Waals surface area (Å²) in [6.07, 6.45) is 0. The lowest BCUT2D eigenvalue weighted by molar-refractivity contribution is -0.137. The fourth-order valence-electron chi connectivity index (χ4n) is 1.37. The van der Waals surface area contributed by atoms with Gasteiger partial charge in [-0.05, 0) is 13.8 Å². The van der Waals surface area contributed by atoms with Crippen molar-refractivity contribution >= 4 is 17.9 Å². The number of methoxy groups -OCH3 is 1. The molecule has 1 aromatic heterocycles. The zero-order valence-electron chi connectivity index (χ0n) is 11.0. The van der Waals surface area contributed by atoms with Gasteiger partial charge < -0.3 is 14.7 Å². The Morgan fingerprint density at radius 3 is 2.68 bits per heavy atom.